The molecule has 20 heavy (non-hydrogen) atoms. The minimum Gasteiger partial charge on any atom is -0.345 e. The highest BCUT2D eigenvalue weighted by Gasteiger charge is 2.31. The molecular weight excluding hydrogens is 415 g/mol. The zero-order valence-electron chi connectivity index (χ0n) is 10.7. The molecule has 0 radical (unpaired) electrons. The molecule has 0 saturated carbocycles. The SMILES string of the molecule is CCC(CBr)(CBr)NC(=O)c1c(Cl)cccc1[N+](=O)[O-]. The number of nitrogens with one attached hydrogen (secondary N) is 1. The van der Waals surface area contributed by atoms with Crippen LogP contribution in [0.15, 0.2) is 18.2 Å². The number of carbonyl (C=O) groups excluding carboxylic acids is 1. The summed E-state index contributed by atoms with van der Waals surface area (Å²) in [6.07, 6.45) is 0.660. The Hall–Kier alpha value is -0.660. The first-order chi connectivity index (χ1) is 9.40. The van der Waals surface area contributed by atoms with Gasteiger partial charge in [0.1, 0.15) is 5.56 Å². The van der Waals surface area contributed by atoms with Crippen LogP contribution in [0.5, 0.6) is 0 Å². The van der Waals surface area contributed by atoms with Gasteiger partial charge in [-0.1, -0.05) is 56.5 Å². The summed E-state index contributed by atoms with van der Waals surface area (Å²) in [6.45, 7) is 1.92. The van der Waals surface area contributed by atoms with Gasteiger partial charge in [0.25, 0.3) is 11.6 Å². The topological polar surface area (TPSA) is 72.2 Å². The Morgan fingerprint density at radius 2 is 2.05 bits per heavy atom. The van der Waals surface area contributed by atoms with Crippen molar-refractivity contribution in [3.05, 3.63) is 38.9 Å². The van der Waals surface area contributed by atoms with Gasteiger partial charge in [-0.05, 0) is 12.5 Å². The van der Waals surface area contributed by atoms with Gasteiger partial charge in [-0.3, -0.25) is 14.9 Å². The molecular formula is C12H13Br2ClN2O3. The highest BCUT2D eigenvalue weighted by atomic mass is 79.9. The summed E-state index contributed by atoms with van der Waals surface area (Å²) in [7, 11) is 0. The molecule has 0 spiro atoms. The second kappa shape index (κ2) is 7.38. The molecule has 0 saturated heterocycles. The number of halogens is 3. The van der Waals surface area contributed by atoms with E-state index in [1.165, 1.54) is 18.2 Å². The molecule has 110 valence electrons. The first-order valence-corrected chi connectivity index (χ1v) is 8.40. The summed E-state index contributed by atoms with van der Waals surface area (Å²) in [5.41, 5.74) is -0.938. The normalized spacial score (nSPS) is 11.2. The fraction of sp³-hybridized carbons (Fsp3) is 0.417. The molecule has 0 atom stereocenters. The minimum atomic E-state index is -0.614. The van der Waals surface area contributed by atoms with Crippen LogP contribution in [0.3, 0.4) is 0 Å². The monoisotopic (exact) mass is 426 g/mol. The molecule has 0 heterocycles. The Morgan fingerprint density at radius 3 is 2.50 bits per heavy atom. The van der Waals surface area contributed by atoms with E-state index in [2.05, 4.69) is 37.2 Å². The number of alkyl halides is 2. The molecule has 0 unspecified atom stereocenters. The molecule has 1 aromatic rings. The lowest BCUT2D eigenvalue weighted by molar-refractivity contribution is -0.385. The third kappa shape index (κ3) is 3.71. The molecule has 0 aliphatic heterocycles. The van der Waals surface area contributed by atoms with Gasteiger partial charge in [-0.15, -0.1) is 0 Å². The van der Waals surface area contributed by atoms with Crippen LogP contribution in [-0.2, 0) is 0 Å². The lowest BCUT2D eigenvalue weighted by atomic mass is 10.0. The van der Waals surface area contributed by atoms with Crippen molar-refractivity contribution in [3.63, 3.8) is 0 Å². The molecule has 0 aromatic heterocycles. The van der Waals surface area contributed by atoms with Crippen LogP contribution in [0, 0.1) is 10.1 Å². The molecule has 1 aromatic carbocycles. The van der Waals surface area contributed by atoms with Gasteiger partial charge >= 0.3 is 0 Å². The molecule has 1 N–H and O–H groups in total. The lowest BCUT2D eigenvalue weighted by Crippen LogP contribution is -2.51. The first kappa shape index (κ1) is 17.4. The second-order valence-electron chi connectivity index (χ2n) is 4.25. The van der Waals surface area contributed by atoms with Crippen LogP contribution in [0.4, 0.5) is 5.69 Å². The summed E-state index contributed by atoms with van der Waals surface area (Å²) < 4.78 is 0. The van der Waals surface area contributed by atoms with E-state index in [1.54, 1.807) is 0 Å². The van der Waals surface area contributed by atoms with Crippen molar-refractivity contribution in [1.29, 1.82) is 0 Å². The maximum atomic E-state index is 12.3. The van der Waals surface area contributed by atoms with E-state index in [0.29, 0.717) is 17.1 Å². The van der Waals surface area contributed by atoms with Crippen LogP contribution < -0.4 is 5.32 Å². The van der Waals surface area contributed by atoms with Crippen molar-refractivity contribution in [2.75, 3.05) is 10.7 Å². The van der Waals surface area contributed by atoms with Crippen molar-refractivity contribution in [2.45, 2.75) is 18.9 Å². The fourth-order valence-electron chi connectivity index (χ4n) is 1.57. The largest absolute Gasteiger partial charge is 0.345 e. The van der Waals surface area contributed by atoms with Crippen molar-refractivity contribution in [2.24, 2.45) is 0 Å². The Labute approximate surface area is 138 Å². The van der Waals surface area contributed by atoms with E-state index in [-0.39, 0.29) is 16.3 Å². The number of nitro groups is 1. The number of hydrogen-bond donors (Lipinski definition) is 1. The highest BCUT2D eigenvalue weighted by Crippen LogP contribution is 2.27. The molecule has 0 bridgehead atoms. The summed E-state index contributed by atoms with van der Waals surface area (Å²) in [5.74, 6) is -0.553. The van der Waals surface area contributed by atoms with E-state index < -0.39 is 16.4 Å². The molecule has 5 nitrogen and oxygen atoms in total. The number of carbonyl (C=O) groups is 1. The predicted molar refractivity (Wildman–Crippen MR) is 86.2 cm³/mol. The number of rotatable bonds is 6. The predicted octanol–water partition coefficient (Wildman–Crippen LogP) is 3.92. The summed E-state index contributed by atoms with van der Waals surface area (Å²) in [4.78, 5) is 22.7. The average molecular weight is 429 g/mol. The van der Waals surface area contributed by atoms with Gasteiger partial charge in [0, 0.05) is 16.7 Å². The van der Waals surface area contributed by atoms with Gasteiger partial charge in [0.15, 0.2) is 0 Å². The van der Waals surface area contributed by atoms with Gasteiger partial charge in [-0.2, -0.15) is 0 Å². The lowest BCUT2D eigenvalue weighted by Gasteiger charge is -2.30. The molecule has 1 rings (SSSR count). The maximum absolute atomic E-state index is 12.3. The van der Waals surface area contributed by atoms with Crippen LogP contribution in [0.2, 0.25) is 5.02 Å². The van der Waals surface area contributed by atoms with E-state index in [0.717, 1.165) is 0 Å². The summed E-state index contributed by atoms with van der Waals surface area (Å²) in [6, 6.07) is 4.16. The zero-order valence-corrected chi connectivity index (χ0v) is 14.6. The third-order valence-electron chi connectivity index (χ3n) is 2.98. The Balaban J connectivity index is 3.19. The van der Waals surface area contributed by atoms with Crippen LogP contribution >= 0.6 is 43.5 Å². The number of amides is 1. The minimum absolute atomic E-state index is 0.0610. The quantitative estimate of drug-likeness (QED) is 0.424. The molecule has 1 amide bonds. The number of hydrogen-bond acceptors (Lipinski definition) is 3. The zero-order chi connectivity index (χ0) is 15.3. The third-order valence-corrected chi connectivity index (χ3v) is 5.44. The van der Waals surface area contributed by atoms with Crippen molar-refractivity contribution < 1.29 is 9.72 Å². The van der Waals surface area contributed by atoms with E-state index in [9.17, 15) is 14.9 Å². The standard InChI is InChI=1S/C12H13Br2ClN2O3/c1-2-12(6-13,7-14)16-11(18)10-8(15)4-3-5-9(10)17(19)20/h3-5H,2,6-7H2,1H3,(H,16,18). The Morgan fingerprint density at radius 1 is 1.45 bits per heavy atom. The number of nitro benzene ring substituents is 1. The van der Waals surface area contributed by atoms with E-state index in [1.807, 2.05) is 6.92 Å². The van der Waals surface area contributed by atoms with Gasteiger partial charge in [-0.25, -0.2) is 0 Å². The van der Waals surface area contributed by atoms with Crippen molar-refractivity contribution >= 4 is 55.1 Å². The highest BCUT2D eigenvalue weighted by molar-refractivity contribution is 9.09. The van der Waals surface area contributed by atoms with Crippen molar-refractivity contribution in [3.8, 4) is 0 Å². The van der Waals surface area contributed by atoms with Gasteiger partial charge in [0.05, 0.1) is 15.5 Å². The van der Waals surface area contributed by atoms with Crippen LogP contribution in [0.25, 0.3) is 0 Å². The first-order valence-electron chi connectivity index (χ1n) is 5.78. The van der Waals surface area contributed by atoms with Crippen LogP contribution in [-0.4, -0.2) is 27.0 Å². The Bertz CT molecular complexity index is 513. The molecule has 8 heteroatoms. The van der Waals surface area contributed by atoms with Crippen molar-refractivity contribution in [1.82, 2.24) is 5.32 Å². The van der Waals surface area contributed by atoms with Gasteiger partial charge < -0.3 is 5.32 Å². The summed E-state index contributed by atoms with van der Waals surface area (Å²) >= 11 is 12.6. The van der Waals surface area contributed by atoms with Crippen LogP contribution in [0.1, 0.15) is 23.7 Å². The maximum Gasteiger partial charge on any atom is 0.283 e. The molecule has 0 aliphatic carbocycles. The summed E-state index contributed by atoms with van der Waals surface area (Å²) in [5, 5.41) is 14.9. The second-order valence-corrected chi connectivity index (χ2v) is 5.78. The van der Waals surface area contributed by atoms with E-state index >= 15 is 0 Å². The number of benzene rings is 1. The molecule has 0 fully saturated rings. The van der Waals surface area contributed by atoms with Gasteiger partial charge in [0.2, 0.25) is 0 Å². The number of nitrogens with zero attached hydrogens (tertiary/aromatic N) is 1. The average Bonchev–Trinajstić information content (AvgIpc) is 2.44. The molecule has 0 aliphatic rings. The smallest absolute Gasteiger partial charge is 0.283 e. The Kier molecular flexibility index (Phi) is 6.42. The fourth-order valence-corrected chi connectivity index (χ4v) is 3.83. The van der Waals surface area contributed by atoms with E-state index in [4.69, 9.17) is 11.6 Å².